The standard InChI is InChI=1S/C19H40N2/c1-9-18(5,6)19(7,8)15-17(3,4)16-21-13-11-20(10-2)12-14-21/h9-16H2,1-8H3. The van der Waals surface area contributed by atoms with Crippen LogP contribution in [-0.2, 0) is 0 Å². The van der Waals surface area contributed by atoms with Crippen LogP contribution in [0.4, 0.5) is 0 Å². The summed E-state index contributed by atoms with van der Waals surface area (Å²) in [6.07, 6.45) is 2.56. The molecule has 0 amide bonds. The van der Waals surface area contributed by atoms with Crippen molar-refractivity contribution in [3.63, 3.8) is 0 Å². The third-order valence-electron chi connectivity index (χ3n) is 6.20. The summed E-state index contributed by atoms with van der Waals surface area (Å²) in [6.45, 7) is 26.8. The summed E-state index contributed by atoms with van der Waals surface area (Å²) >= 11 is 0. The van der Waals surface area contributed by atoms with E-state index in [-0.39, 0.29) is 0 Å². The highest BCUT2D eigenvalue weighted by Gasteiger charge is 2.40. The summed E-state index contributed by atoms with van der Waals surface area (Å²) in [5, 5.41) is 0. The Morgan fingerprint density at radius 1 is 0.714 bits per heavy atom. The van der Waals surface area contributed by atoms with Gasteiger partial charge in [0.2, 0.25) is 0 Å². The SMILES string of the molecule is CCN1CCN(CC(C)(C)CC(C)(C)C(C)(C)CC)CC1. The van der Waals surface area contributed by atoms with Crippen molar-refractivity contribution in [2.45, 2.75) is 68.2 Å². The lowest BCUT2D eigenvalue weighted by Gasteiger charge is -2.47. The summed E-state index contributed by atoms with van der Waals surface area (Å²) in [4.78, 5) is 5.24. The number of hydrogen-bond donors (Lipinski definition) is 0. The Morgan fingerprint density at radius 3 is 1.62 bits per heavy atom. The first-order chi connectivity index (χ1) is 9.53. The molecule has 0 bridgehead atoms. The van der Waals surface area contributed by atoms with Crippen LogP contribution >= 0.6 is 0 Å². The van der Waals surface area contributed by atoms with Gasteiger partial charge in [-0.25, -0.2) is 0 Å². The third kappa shape index (κ3) is 5.25. The summed E-state index contributed by atoms with van der Waals surface area (Å²) in [6, 6.07) is 0. The number of piperazine rings is 1. The van der Waals surface area contributed by atoms with Crippen LogP contribution in [0.15, 0.2) is 0 Å². The van der Waals surface area contributed by atoms with Crippen molar-refractivity contribution < 1.29 is 0 Å². The zero-order valence-corrected chi connectivity index (χ0v) is 16.1. The van der Waals surface area contributed by atoms with Crippen molar-refractivity contribution in [1.29, 1.82) is 0 Å². The van der Waals surface area contributed by atoms with E-state index < -0.39 is 0 Å². The predicted octanol–water partition coefficient (Wildman–Crippen LogP) is 4.50. The number of hydrogen-bond acceptors (Lipinski definition) is 2. The largest absolute Gasteiger partial charge is 0.301 e. The minimum atomic E-state index is 0.385. The van der Waals surface area contributed by atoms with Gasteiger partial charge in [0.25, 0.3) is 0 Å². The maximum absolute atomic E-state index is 2.68. The second-order valence-electron chi connectivity index (χ2n) is 9.17. The van der Waals surface area contributed by atoms with Crippen LogP contribution in [0.5, 0.6) is 0 Å². The van der Waals surface area contributed by atoms with E-state index in [0.717, 1.165) is 0 Å². The Bertz CT molecular complexity index is 310. The van der Waals surface area contributed by atoms with Crippen molar-refractivity contribution in [3.8, 4) is 0 Å². The number of likely N-dealkylation sites (N-methyl/N-ethyl adjacent to an activating group) is 1. The summed E-state index contributed by atoms with van der Waals surface area (Å²) in [5.74, 6) is 0. The summed E-state index contributed by atoms with van der Waals surface area (Å²) in [7, 11) is 0. The van der Waals surface area contributed by atoms with E-state index in [4.69, 9.17) is 0 Å². The van der Waals surface area contributed by atoms with E-state index in [2.05, 4.69) is 65.2 Å². The average molecular weight is 297 g/mol. The molecule has 1 heterocycles. The first kappa shape index (κ1) is 19.0. The molecule has 0 atom stereocenters. The quantitative estimate of drug-likeness (QED) is 0.682. The van der Waals surface area contributed by atoms with E-state index in [1.165, 1.54) is 52.1 Å². The molecule has 0 aromatic heterocycles. The van der Waals surface area contributed by atoms with E-state index in [0.29, 0.717) is 16.2 Å². The highest BCUT2D eigenvalue weighted by Crippen LogP contribution is 2.48. The fraction of sp³-hybridized carbons (Fsp3) is 1.00. The van der Waals surface area contributed by atoms with Crippen LogP contribution in [0.3, 0.4) is 0 Å². The van der Waals surface area contributed by atoms with Gasteiger partial charge in [0.1, 0.15) is 0 Å². The fourth-order valence-corrected chi connectivity index (χ4v) is 3.84. The zero-order valence-electron chi connectivity index (χ0n) is 16.1. The molecular formula is C19H40N2. The van der Waals surface area contributed by atoms with Gasteiger partial charge in [0, 0.05) is 32.7 Å². The lowest BCUT2D eigenvalue weighted by atomic mass is 9.60. The van der Waals surface area contributed by atoms with E-state index in [1.54, 1.807) is 0 Å². The molecule has 0 aromatic rings. The minimum absolute atomic E-state index is 0.385. The Hall–Kier alpha value is -0.0800. The Morgan fingerprint density at radius 2 is 1.19 bits per heavy atom. The lowest BCUT2D eigenvalue weighted by molar-refractivity contribution is 0.0236. The first-order valence-corrected chi connectivity index (χ1v) is 8.98. The van der Waals surface area contributed by atoms with Gasteiger partial charge in [-0.05, 0) is 29.2 Å². The molecule has 0 aromatic carbocycles. The molecule has 21 heavy (non-hydrogen) atoms. The van der Waals surface area contributed by atoms with Crippen LogP contribution in [-0.4, -0.2) is 49.1 Å². The second-order valence-corrected chi connectivity index (χ2v) is 9.17. The third-order valence-corrected chi connectivity index (χ3v) is 6.20. The van der Waals surface area contributed by atoms with Gasteiger partial charge in [-0.15, -0.1) is 0 Å². The van der Waals surface area contributed by atoms with Crippen molar-refractivity contribution in [2.24, 2.45) is 16.2 Å². The molecule has 0 radical (unpaired) electrons. The fourth-order valence-electron chi connectivity index (χ4n) is 3.84. The number of nitrogens with zero attached hydrogens (tertiary/aromatic N) is 2. The van der Waals surface area contributed by atoms with Crippen molar-refractivity contribution in [1.82, 2.24) is 9.80 Å². The van der Waals surface area contributed by atoms with Crippen molar-refractivity contribution in [3.05, 3.63) is 0 Å². The smallest absolute Gasteiger partial charge is 0.0110 e. The molecule has 1 fully saturated rings. The van der Waals surface area contributed by atoms with Gasteiger partial charge >= 0.3 is 0 Å². The highest BCUT2D eigenvalue weighted by molar-refractivity contribution is 4.91. The molecule has 1 rings (SSSR count). The van der Waals surface area contributed by atoms with Crippen LogP contribution in [0, 0.1) is 16.2 Å². The van der Waals surface area contributed by atoms with Crippen LogP contribution in [0.2, 0.25) is 0 Å². The number of rotatable bonds is 7. The molecule has 0 aliphatic carbocycles. The maximum Gasteiger partial charge on any atom is 0.0110 e. The van der Waals surface area contributed by atoms with E-state index in [1.807, 2.05) is 0 Å². The Labute approximate surface area is 134 Å². The zero-order chi connectivity index (χ0) is 16.3. The molecule has 0 saturated carbocycles. The molecule has 0 unspecified atom stereocenters. The molecule has 1 aliphatic heterocycles. The Balaban J connectivity index is 2.58. The molecule has 0 N–H and O–H groups in total. The van der Waals surface area contributed by atoms with Crippen LogP contribution in [0.1, 0.15) is 68.2 Å². The van der Waals surface area contributed by atoms with Gasteiger partial charge in [0.05, 0.1) is 0 Å². The first-order valence-electron chi connectivity index (χ1n) is 8.98. The van der Waals surface area contributed by atoms with E-state index in [9.17, 15) is 0 Å². The van der Waals surface area contributed by atoms with Crippen molar-refractivity contribution in [2.75, 3.05) is 39.3 Å². The predicted molar refractivity (Wildman–Crippen MR) is 94.8 cm³/mol. The topological polar surface area (TPSA) is 6.48 Å². The van der Waals surface area contributed by atoms with Crippen molar-refractivity contribution >= 4 is 0 Å². The Kier molecular flexibility index (Phi) is 6.32. The normalized spacial score (nSPS) is 20.0. The molecule has 1 aliphatic rings. The van der Waals surface area contributed by atoms with E-state index >= 15 is 0 Å². The molecule has 0 spiro atoms. The average Bonchev–Trinajstić information content (AvgIpc) is 2.37. The molecule has 2 nitrogen and oxygen atoms in total. The molecule has 126 valence electrons. The minimum Gasteiger partial charge on any atom is -0.301 e. The monoisotopic (exact) mass is 296 g/mol. The molecule has 1 saturated heterocycles. The highest BCUT2D eigenvalue weighted by atomic mass is 15.3. The lowest BCUT2D eigenvalue weighted by Crippen LogP contribution is -2.49. The molecular weight excluding hydrogens is 256 g/mol. The summed E-state index contributed by atoms with van der Waals surface area (Å²) < 4.78 is 0. The maximum atomic E-state index is 2.68. The van der Waals surface area contributed by atoms with Gasteiger partial charge in [-0.1, -0.05) is 61.8 Å². The van der Waals surface area contributed by atoms with Gasteiger partial charge in [-0.2, -0.15) is 0 Å². The van der Waals surface area contributed by atoms with Crippen LogP contribution < -0.4 is 0 Å². The van der Waals surface area contributed by atoms with Crippen LogP contribution in [0.25, 0.3) is 0 Å². The summed E-state index contributed by atoms with van der Waals surface area (Å²) in [5.41, 5.74) is 1.19. The van der Waals surface area contributed by atoms with Gasteiger partial charge < -0.3 is 9.80 Å². The van der Waals surface area contributed by atoms with Gasteiger partial charge in [0.15, 0.2) is 0 Å². The second kappa shape index (κ2) is 7.00. The van der Waals surface area contributed by atoms with Gasteiger partial charge in [-0.3, -0.25) is 0 Å². The molecule has 2 heteroatoms.